The van der Waals surface area contributed by atoms with Gasteiger partial charge in [0.05, 0.1) is 28.2 Å². The number of benzene rings is 2. The molecule has 0 bridgehead atoms. The maximum Gasteiger partial charge on any atom is 0.265 e. The van der Waals surface area contributed by atoms with Crippen LogP contribution in [0.15, 0.2) is 54.0 Å². The van der Waals surface area contributed by atoms with E-state index in [4.69, 9.17) is 0 Å². The van der Waals surface area contributed by atoms with Crippen LogP contribution < -0.4 is 26.4 Å². The molecule has 6 rings (SSSR count). The van der Waals surface area contributed by atoms with Gasteiger partial charge in [0.25, 0.3) is 5.91 Å². The average molecular weight is 900 g/mol. The number of aromatic nitrogens is 1. The number of hydrogen-bond donors (Lipinski definition) is 5. The maximum absolute atomic E-state index is 14.1. The highest BCUT2D eigenvalue weighted by molar-refractivity contribution is 7.13. The van der Waals surface area contributed by atoms with Crippen LogP contribution in [0, 0.1) is 12.3 Å². The van der Waals surface area contributed by atoms with Crippen LogP contribution in [-0.4, -0.2) is 131 Å². The number of carbonyl (C=O) groups is 5. The molecule has 0 spiro atoms. The van der Waals surface area contributed by atoms with Crippen molar-refractivity contribution in [1.82, 2.24) is 41.2 Å². The number of carbonyl (C=O) groups excluding carboxylic acids is 5. The van der Waals surface area contributed by atoms with Crippen LogP contribution in [0.2, 0.25) is 0 Å². The van der Waals surface area contributed by atoms with Crippen molar-refractivity contribution in [3.05, 3.63) is 70.9 Å². The lowest BCUT2D eigenvalue weighted by molar-refractivity contribution is -0.144. The third-order valence-electron chi connectivity index (χ3n) is 12.8. The summed E-state index contributed by atoms with van der Waals surface area (Å²) < 4.78 is 0. The second-order valence-corrected chi connectivity index (χ2v) is 19.5. The van der Waals surface area contributed by atoms with Gasteiger partial charge in [-0.25, -0.2) is 10.4 Å². The van der Waals surface area contributed by atoms with Gasteiger partial charge in [0, 0.05) is 88.9 Å². The van der Waals surface area contributed by atoms with Crippen LogP contribution in [0.4, 0.5) is 5.69 Å². The molecule has 3 fully saturated rings. The van der Waals surface area contributed by atoms with E-state index in [0.717, 1.165) is 92.5 Å². The summed E-state index contributed by atoms with van der Waals surface area (Å²) in [6.45, 7) is 17.4. The molecule has 3 aliphatic rings. The molecule has 3 aromatic rings. The summed E-state index contributed by atoms with van der Waals surface area (Å²) >= 11 is 1.58. The minimum atomic E-state index is -0.911. The number of amides is 5. The first kappa shape index (κ1) is 48.6. The zero-order valence-electron chi connectivity index (χ0n) is 38.5. The standard InChI is InChI=1S/C48H69N9O6S/c1-7-22-50-53-45(61)36-16-18-37(19-17-36)54-25-27-55(28-26-54)38-20-23-56(24-21-38)42(60)11-9-8-10-41(59)52-44(48(4,5)6)47(63)57-30-39(58)29-40(57)46(62)51-32(2)34-12-14-35(15-13-34)43-33(3)49-31-64-43/h12-19,31-32,38-40,44,50,58H,7-11,20-30H2,1-6H3,(H,51,62)(H,52,59)(H,53,61)/t32-,39+,40-,44+/m0/s1. The van der Waals surface area contributed by atoms with Gasteiger partial charge < -0.3 is 30.4 Å². The zero-order chi connectivity index (χ0) is 46.0. The van der Waals surface area contributed by atoms with Crippen molar-refractivity contribution in [2.45, 2.75) is 123 Å². The van der Waals surface area contributed by atoms with Gasteiger partial charge in [-0.05, 0) is 86.8 Å². The van der Waals surface area contributed by atoms with Gasteiger partial charge in [0.1, 0.15) is 12.1 Å². The van der Waals surface area contributed by atoms with Crippen molar-refractivity contribution in [2.75, 3.05) is 57.3 Å². The third-order valence-corrected chi connectivity index (χ3v) is 13.8. The van der Waals surface area contributed by atoms with E-state index in [-0.39, 0.29) is 49.1 Å². The molecule has 4 heterocycles. The first-order valence-corrected chi connectivity index (χ1v) is 24.0. The van der Waals surface area contributed by atoms with Crippen LogP contribution in [-0.2, 0) is 19.2 Å². The van der Waals surface area contributed by atoms with Gasteiger partial charge in [-0.1, -0.05) is 52.0 Å². The number of piperazine rings is 1. The van der Waals surface area contributed by atoms with E-state index in [0.29, 0.717) is 30.9 Å². The fourth-order valence-electron chi connectivity index (χ4n) is 8.96. The van der Waals surface area contributed by atoms with Gasteiger partial charge in [-0.2, -0.15) is 0 Å². The molecule has 0 aliphatic carbocycles. The molecule has 64 heavy (non-hydrogen) atoms. The van der Waals surface area contributed by atoms with E-state index in [2.05, 4.69) is 36.3 Å². The summed E-state index contributed by atoms with van der Waals surface area (Å²) in [7, 11) is 0. The number of aliphatic hydroxyl groups is 1. The van der Waals surface area contributed by atoms with Crippen LogP contribution in [0.5, 0.6) is 0 Å². The first-order chi connectivity index (χ1) is 30.6. The van der Waals surface area contributed by atoms with E-state index in [1.54, 1.807) is 11.3 Å². The number of β-amino-alcohol motifs (C(OH)–C–C–N with tert-alkyl or cyclic N) is 1. The van der Waals surface area contributed by atoms with Crippen molar-refractivity contribution in [3.63, 3.8) is 0 Å². The quantitative estimate of drug-likeness (QED) is 0.0934. The summed E-state index contributed by atoms with van der Waals surface area (Å²) in [6, 6.07) is 14.0. The normalized spacial score (nSPS) is 19.6. The molecule has 1 aromatic heterocycles. The van der Waals surface area contributed by atoms with E-state index >= 15 is 0 Å². The number of nitrogens with zero attached hydrogens (tertiary/aromatic N) is 5. The molecule has 5 amide bonds. The average Bonchev–Trinajstić information content (AvgIpc) is 3.91. The smallest absolute Gasteiger partial charge is 0.265 e. The topological polar surface area (TPSA) is 180 Å². The highest BCUT2D eigenvalue weighted by Crippen LogP contribution is 2.30. The minimum Gasteiger partial charge on any atom is -0.391 e. The summed E-state index contributed by atoms with van der Waals surface area (Å²) in [5.41, 5.74) is 11.5. The number of aliphatic hydroxyl groups excluding tert-OH is 1. The molecule has 0 radical (unpaired) electrons. The predicted molar refractivity (Wildman–Crippen MR) is 250 cm³/mol. The molecule has 0 saturated carbocycles. The Bertz CT molecular complexity index is 2040. The number of likely N-dealkylation sites (tertiary alicyclic amines) is 2. The van der Waals surface area contributed by atoms with Gasteiger partial charge in [-0.3, -0.25) is 34.3 Å². The van der Waals surface area contributed by atoms with Gasteiger partial charge in [0.15, 0.2) is 0 Å². The Hall–Kier alpha value is -4.90. The number of rotatable bonds is 17. The SMILES string of the molecule is CCCNNC(=O)c1ccc(N2CCN(C3CCN(C(=O)CCCCC(=O)N[C@H](C(=O)N4C[C@H](O)C[C@H]4C(=O)N[C@@H](C)c4ccc(-c5scnc5C)cc4)C(C)(C)C)CC3)CC2)cc1. The highest BCUT2D eigenvalue weighted by atomic mass is 32.1. The Balaban J connectivity index is 0.899. The summed E-state index contributed by atoms with van der Waals surface area (Å²) in [5.74, 6) is -1.06. The van der Waals surface area contributed by atoms with Crippen molar-refractivity contribution in [3.8, 4) is 10.4 Å². The number of anilines is 1. The molecule has 348 valence electrons. The van der Waals surface area contributed by atoms with Crippen molar-refractivity contribution >= 4 is 46.6 Å². The third kappa shape index (κ3) is 12.7. The predicted octanol–water partition coefficient (Wildman–Crippen LogP) is 4.81. The Morgan fingerprint density at radius 2 is 1.56 bits per heavy atom. The number of thiazole rings is 1. The molecule has 2 aromatic carbocycles. The maximum atomic E-state index is 14.1. The number of piperidine rings is 1. The fourth-order valence-corrected chi connectivity index (χ4v) is 9.77. The molecular weight excluding hydrogens is 831 g/mol. The first-order valence-electron chi connectivity index (χ1n) is 23.1. The van der Waals surface area contributed by atoms with Crippen LogP contribution in [0.3, 0.4) is 0 Å². The van der Waals surface area contributed by atoms with Gasteiger partial charge >= 0.3 is 0 Å². The summed E-state index contributed by atoms with van der Waals surface area (Å²) in [5, 5.41) is 16.6. The Morgan fingerprint density at radius 1 is 0.891 bits per heavy atom. The lowest BCUT2D eigenvalue weighted by Gasteiger charge is -2.43. The van der Waals surface area contributed by atoms with Crippen molar-refractivity contribution in [1.29, 1.82) is 0 Å². The summed E-state index contributed by atoms with van der Waals surface area (Å²) in [6.07, 6.45) is 3.66. The van der Waals surface area contributed by atoms with E-state index in [9.17, 15) is 29.1 Å². The van der Waals surface area contributed by atoms with Crippen molar-refractivity contribution in [2.24, 2.45) is 5.41 Å². The van der Waals surface area contributed by atoms with Gasteiger partial charge in [-0.15, -0.1) is 11.3 Å². The van der Waals surface area contributed by atoms with Crippen LogP contribution >= 0.6 is 11.3 Å². The number of hydrazine groups is 1. The molecule has 4 atom stereocenters. The number of nitrogens with one attached hydrogen (secondary N) is 4. The zero-order valence-corrected chi connectivity index (χ0v) is 39.3. The van der Waals surface area contributed by atoms with E-state index in [1.165, 1.54) is 4.90 Å². The second-order valence-electron chi connectivity index (χ2n) is 18.7. The molecule has 0 unspecified atom stereocenters. The monoisotopic (exact) mass is 900 g/mol. The largest absolute Gasteiger partial charge is 0.391 e. The minimum absolute atomic E-state index is 0.00265. The molecule has 15 nitrogen and oxygen atoms in total. The lowest BCUT2D eigenvalue weighted by atomic mass is 9.85. The van der Waals surface area contributed by atoms with Gasteiger partial charge in [0.2, 0.25) is 23.6 Å². The Morgan fingerprint density at radius 3 is 2.19 bits per heavy atom. The summed E-state index contributed by atoms with van der Waals surface area (Å²) in [4.78, 5) is 80.3. The van der Waals surface area contributed by atoms with Crippen molar-refractivity contribution < 1.29 is 29.1 Å². The number of unbranched alkanes of at least 4 members (excludes halogenated alkanes) is 1. The molecule has 3 saturated heterocycles. The number of aryl methyl sites for hydroxylation is 1. The lowest BCUT2D eigenvalue weighted by Crippen LogP contribution is -2.57. The molecule has 5 N–H and O–H groups in total. The second kappa shape index (κ2) is 22.3. The molecule has 16 heteroatoms. The number of hydrogen-bond acceptors (Lipinski definition) is 11. The molecular formula is C48H69N9O6S. The Labute approximate surface area is 382 Å². The van der Waals surface area contributed by atoms with Crippen LogP contribution in [0.25, 0.3) is 10.4 Å². The van der Waals surface area contributed by atoms with E-state index in [1.807, 2.05) is 100 Å². The fraction of sp³-hybridized carbons (Fsp3) is 0.583. The van der Waals surface area contributed by atoms with Crippen LogP contribution in [0.1, 0.15) is 114 Å². The Kier molecular flexibility index (Phi) is 16.9. The highest BCUT2D eigenvalue weighted by Gasteiger charge is 2.44. The van der Waals surface area contributed by atoms with E-state index < -0.39 is 29.5 Å². The molecule has 3 aliphatic heterocycles.